The van der Waals surface area contributed by atoms with Crippen LogP contribution in [-0.2, 0) is 6.54 Å². The predicted octanol–water partition coefficient (Wildman–Crippen LogP) is 0.837. The van der Waals surface area contributed by atoms with Crippen molar-refractivity contribution in [3.8, 4) is 0 Å². The van der Waals surface area contributed by atoms with Gasteiger partial charge in [0.05, 0.1) is 12.7 Å². The summed E-state index contributed by atoms with van der Waals surface area (Å²) in [5.74, 6) is -0.752. The maximum absolute atomic E-state index is 12.0. The fourth-order valence-corrected chi connectivity index (χ4v) is 2.09. The molecule has 94 valence electrons. The Bertz CT molecular complexity index is 563. The van der Waals surface area contributed by atoms with Crippen LogP contribution >= 0.6 is 11.3 Å². The molecule has 18 heavy (non-hydrogen) atoms. The minimum absolute atomic E-state index is 0.0928. The Labute approximate surface area is 106 Å². The number of carboxylic acids is 1. The third-order valence-electron chi connectivity index (χ3n) is 2.19. The second-order valence-electron chi connectivity index (χ2n) is 3.53. The zero-order chi connectivity index (χ0) is 13.1. The van der Waals surface area contributed by atoms with E-state index in [1.54, 1.807) is 19.4 Å². The van der Waals surface area contributed by atoms with Crippen LogP contribution in [0.1, 0.15) is 25.3 Å². The largest absolute Gasteiger partial charge is 0.476 e. The summed E-state index contributed by atoms with van der Waals surface area (Å²) >= 11 is 0.858. The summed E-state index contributed by atoms with van der Waals surface area (Å²) in [5, 5.41) is 8.64. The molecule has 0 radical (unpaired) electrons. The van der Waals surface area contributed by atoms with E-state index in [0.717, 1.165) is 11.3 Å². The molecule has 0 aromatic carbocycles. The second kappa shape index (κ2) is 4.96. The average molecular weight is 266 g/mol. The Kier molecular flexibility index (Phi) is 3.38. The van der Waals surface area contributed by atoms with Crippen molar-refractivity contribution >= 4 is 23.2 Å². The number of imidazole rings is 1. The molecule has 0 unspecified atom stereocenters. The van der Waals surface area contributed by atoms with Gasteiger partial charge in [-0.2, -0.15) is 0 Å². The van der Waals surface area contributed by atoms with Crippen molar-refractivity contribution in [2.75, 3.05) is 7.05 Å². The molecule has 0 saturated heterocycles. The molecular formula is C10H10N4O3S. The number of nitrogens with one attached hydrogen (secondary N) is 1. The minimum atomic E-state index is -1.13. The van der Waals surface area contributed by atoms with Crippen LogP contribution in [0.15, 0.2) is 18.6 Å². The van der Waals surface area contributed by atoms with Crippen molar-refractivity contribution < 1.29 is 14.7 Å². The highest BCUT2D eigenvalue weighted by molar-refractivity contribution is 7.15. The van der Waals surface area contributed by atoms with Gasteiger partial charge >= 0.3 is 5.97 Å². The lowest BCUT2D eigenvalue weighted by molar-refractivity contribution is 0.0695. The molecule has 0 aliphatic heterocycles. The maximum atomic E-state index is 12.0. The zero-order valence-electron chi connectivity index (χ0n) is 9.45. The summed E-state index contributed by atoms with van der Waals surface area (Å²) in [6.07, 6.45) is 4.54. The number of aromatic amines is 1. The first-order chi connectivity index (χ1) is 8.58. The van der Waals surface area contributed by atoms with Gasteiger partial charge < -0.3 is 15.0 Å². The van der Waals surface area contributed by atoms with Crippen molar-refractivity contribution in [3.63, 3.8) is 0 Å². The molecular weight excluding hydrogens is 256 g/mol. The summed E-state index contributed by atoms with van der Waals surface area (Å²) in [6, 6.07) is 0. The first kappa shape index (κ1) is 12.2. The standard InChI is InChI=1S/C10H10N4O3S/c1-14(5-7-11-2-3-12-7)9(15)6-4-13-8(18-6)10(16)17/h2-4H,5H2,1H3,(H,11,12)(H,16,17). The lowest BCUT2D eigenvalue weighted by atomic mass is 10.4. The van der Waals surface area contributed by atoms with Crippen LogP contribution in [0.25, 0.3) is 0 Å². The van der Waals surface area contributed by atoms with Crippen molar-refractivity contribution in [1.82, 2.24) is 19.9 Å². The fraction of sp³-hybridized carbons (Fsp3) is 0.200. The first-order valence-electron chi connectivity index (χ1n) is 5.00. The highest BCUT2D eigenvalue weighted by Crippen LogP contribution is 2.15. The van der Waals surface area contributed by atoms with Crippen LogP contribution in [0.3, 0.4) is 0 Å². The SMILES string of the molecule is CN(Cc1ncc[nH]1)C(=O)c1cnc(C(=O)O)s1. The Morgan fingerprint density at radius 1 is 1.50 bits per heavy atom. The van der Waals surface area contributed by atoms with Crippen LogP contribution in [0, 0.1) is 0 Å². The number of aromatic carboxylic acids is 1. The Balaban J connectivity index is 2.08. The minimum Gasteiger partial charge on any atom is -0.476 e. The maximum Gasteiger partial charge on any atom is 0.365 e. The van der Waals surface area contributed by atoms with Crippen molar-refractivity contribution in [2.24, 2.45) is 0 Å². The summed E-state index contributed by atoms with van der Waals surface area (Å²) in [4.78, 5) is 34.9. The van der Waals surface area contributed by atoms with Gasteiger partial charge in [-0.05, 0) is 0 Å². The molecule has 2 aromatic heterocycles. The van der Waals surface area contributed by atoms with E-state index in [9.17, 15) is 9.59 Å². The van der Waals surface area contributed by atoms with Gasteiger partial charge in [-0.15, -0.1) is 11.3 Å². The highest BCUT2D eigenvalue weighted by Gasteiger charge is 2.18. The summed E-state index contributed by atoms with van der Waals surface area (Å²) in [6.45, 7) is 0.326. The van der Waals surface area contributed by atoms with Gasteiger partial charge in [-0.3, -0.25) is 4.79 Å². The van der Waals surface area contributed by atoms with Crippen molar-refractivity contribution in [1.29, 1.82) is 0 Å². The quantitative estimate of drug-likeness (QED) is 0.854. The molecule has 0 spiro atoms. The molecule has 7 nitrogen and oxygen atoms in total. The summed E-state index contributed by atoms with van der Waals surface area (Å²) < 4.78 is 0. The second-order valence-corrected chi connectivity index (χ2v) is 4.56. The molecule has 2 N–H and O–H groups in total. The van der Waals surface area contributed by atoms with E-state index in [4.69, 9.17) is 5.11 Å². The number of amides is 1. The number of hydrogen-bond acceptors (Lipinski definition) is 5. The zero-order valence-corrected chi connectivity index (χ0v) is 10.3. The molecule has 2 aromatic rings. The van der Waals surface area contributed by atoms with Gasteiger partial charge in [0.2, 0.25) is 5.01 Å². The third kappa shape index (κ3) is 2.54. The number of rotatable bonds is 4. The Morgan fingerprint density at radius 3 is 2.83 bits per heavy atom. The van der Waals surface area contributed by atoms with Crippen LogP contribution in [0.4, 0.5) is 0 Å². The van der Waals surface area contributed by atoms with Crippen LogP contribution in [0.5, 0.6) is 0 Å². The molecule has 2 heterocycles. The molecule has 0 atom stereocenters. The fourth-order valence-electron chi connectivity index (χ4n) is 1.34. The number of aromatic nitrogens is 3. The van der Waals surface area contributed by atoms with Gasteiger partial charge in [0.15, 0.2) is 0 Å². The first-order valence-corrected chi connectivity index (χ1v) is 5.82. The van der Waals surface area contributed by atoms with Gasteiger partial charge in [-0.1, -0.05) is 0 Å². The van der Waals surface area contributed by atoms with Gasteiger partial charge in [0.1, 0.15) is 10.7 Å². The monoisotopic (exact) mass is 266 g/mol. The number of hydrogen-bond donors (Lipinski definition) is 2. The number of nitrogens with zero attached hydrogens (tertiary/aromatic N) is 3. The smallest absolute Gasteiger partial charge is 0.365 e. The van der Waals surface area contributed by atoms with E-state index < -0.39 is 5.97 Å². The summed E-state index contributed by atoms with van der Waals surface area (Å²) in [5.41, 5.74) is 0. The van der Waals surface area contributed by atoms with E-state index >= 15 is 0 Å². The van der Waals surface area contributed by atoms with Crippen molar-refractivity contribution in [3.05, 3.63) is 34.3 Å². The topological polar surface area (TPSA) is 99.2 Å². The molecule has 0 fully saturated rings. The number of carboxylic acid groups (broad SMARTS) is 1. The normalized spacial score (nSPS) is 10.3. The van der Waals surface area contributed by atoms with Gasteiger partial charge in [0.25, 0.3) is 5.91 Å². The van der Waals surface area contributed by atoms with E-state index in [2.05, 4.69) is 15.0 Å². The molecule has 1 amide bonds. The van der Waals surface area contributed by atoms with Crippen LogP contribution < -0.4 is 0 Å². The van der Waals surface area contributed by atoms with E-state index in [1.807, 2.05) is 0 Å². The number of carbonyl (C=O) groups is 2. The van der Waals surface area contributed by atoms with Crippen LogP contribution in [0.2, 0.25) is 0 Å². The summed E-state index contributed by atoms with van der Waals surface area (Å²) in [7, 11) is 1.62. The van der Waals surface area contributed by atoms with Crippen LogP contribution in [-0.4, -0.2) is 43.9 Å². The molecule has 8 heteroatoms. The predicted molar refractivity (Wildman–Crippen MR) is 63.5 cm³/mol. The van der Waals surface area contributed by atoms with E-state index in [-0.39, 0.29) is 10.9 Å². The molecule has 2 rings (SSSR count). The average Bonchev–Trinajstić information content (AvgIpc) is 2.98. The Morgan fingerprint density at radius 2 is 2.28 bits per heavy atom. The van der Waals surface area contributed by atoms with E-state index in [1.165, 1.54) is 11.1 Å². The molecule has 0 aliphatic rings. The number of thiazole rings is 1. The molecule has 0 bridgehead atoms. The molecule has 0 saturated carbocycles. The lowest BCUT2D eigenvalue weighted by Crippen LogP contribution is -2.25. The number of carbonyl (C=O) groups excluding carboxylic acids is 1. The molecule has 0 aliphatic carbocycles. The number of H-pyrrole nitrogens is 1. The highest BCUT2D eigenvalue weighted by atomic mass is 32.1. The van der Waals surface area contributed by atoms with Crippen molar-refractivity contribution in [2.45, 2.75) is 6.54 Å². The van der Waals surface area contributed by atoms with Gasteiger partial charge in [-0.25, -0.2) is 14.8 Å². The van der Waals surface area contributed by atoms with Gasteiger partial charge in [0, 0.05) is 19.4 Å². The lowest BCUT2D eigenvalue weighted by Gasteiger charge is -2.13. The Hall–Kier alpha value is -2.22. The van der Waals surface area contributed by atoms with E-state index in [0.29, 0.717) is 17.2 Å². The third-order valence-corrected chi connectivity index (χ3v) is 3.16.